The number of benzene rings is 4. The molecule has 4 nitrogen and oxygen atoms in total. The van der Waals surface area contributed by atoms with Crippen molar-refractivity contribution in [2.45, 2.75) is 5.41 Å². The fraction of sp³-hybridized carbons (Fsp3) is 0.0323. The Kier molecular flexibility index (Phi) is 5.22. The molecule has 2 N–H and O–H groups in total. The average Bonchev–Trinajstić information content (AvgIpc) is 2.89. The van der Waals surface area contributed by atoms with Crippen LogP contribution >= 0.6 is 0 Å². The zero-order valence-electron chi connectivity index (χ0n) is 18.9. The van der Waals surface area contributed by atoms with Gasteiger partial charge in [-0.2, -0.15) is 0 Å². The minimum absolute atomic E-state index is 0.0463. The summed E-state index contributed by atoms with van der Waals surface area (Å²) in [5.74, 6) is -0.619. The van der Waals surface area contributed by atoms with Gasteiger partial charge in [-0.05, 0) is 70.4 Å². The maximum Gasteiger partial charge on any atom is 0.189 e. The summed E-state index contributed by atoms with van der Waals surface area (Å²) in [5, 5.41) is 21.2. The molecule has 0 unspecified atom stereocenters. The van der Waals surface area contributed by atoms with Crippen molar-refractivity contribution in [3.8, 4) is 11.5 Å². The second-order valence-corrected chi connectivity index (χ2v) is 8.60. The quantitative estimate of drug-likeness (QED) is 0.259. The van der Waals surface area contributed by atoms with Crippen LogP contribution in [0, 0.1) is 0 Å². The highest BCUT2D eigenvalue weighted by molar-refractivity contribution is 6.18. The molecule has 1 aliphatic carbocycles. The highest BCUT2D eigenvalue weighted by Crippen LogP contribution is 2.48. The zero-order chi connectivity index (χ0) is 24.7. The lowest BCUT2D eigenvalue weighted by Gasteiger charge is -2.38. The van der Waals surface area contributed by atoms with Crippen LogP contribution in [-0.4, -0.2) is 21.8 Å². The molecule has 0 saturated heterocycles. The molecule has 0 aliphatic heterocycles. The summed E-state index contributed by atoms with van der Waals surface area (Å²) in [4.78, 5) is 27.4. The molecule has 0 heterocycles. The van der Waals surface area contributed by atoms with Crippen LogP contribution in [0.3, 0.4) is 0 Å². The molecule has 0 fully saturated rings. The van der Waals surface area contributed by atoms with Gasteiger partial charge < -0.3 is 10.2 Å². The Morgan fingerprint density at radius 3 is 1.66 bits per heavy atom. The lowest BCUT2D eigenvalue weighted by Crippen LogP contribution is -2.36. The lowest BCUT2D eigenvalue weighted by atomic mass is 9.62. The third-order valence-corrected chi connectivity index (χ3v) is 6.63. The summed E-state index contributed by atoms with van der Waals surface area (Å²) in [6, 6.07) is 23.6. The van der Waals surface area contributed by atoms with Gasteiger partial charge in [0.1, 0.15) is 11.5 Å². The maximum atomic E-state index is 13.7. The molecule has 0 bridgehead atoms. The Balaban J connectivity index is 1.73. The Morgan fingerprint density at radius 1 is 0.657 bits per heavy atom. The number of phenolic OH excluding ortho intramolecular Hbond substituents is 2. The molecule has 0 atom stereocenters. The first-order valence-corrected chi connectivity index (χ1v) is 11.1. The Morgan fingerprint density at radius 2 is 1.14 bits per heavy atom. The van der Waals surface area contributed by atoms with Gasteiger partial charge in [0.25, 0.3) is 0 Å². The number of Topliss-reactive ketones (excluding diaryl/α,β-unsaturated/α-hetero) is 2. The first-order valence-electron chi connectivity index (χ1n) is 11.1. The summed E-state index contributed by atoms with van der Waals surface area (Å²) in [7, 11) is 0. The van der Waals surface area contributed by atoms with Crippen molar-refractivity contribution < 1.29 is 19.8 Å². The molecule has 1 aliphatic rings. The fourth-order valence-electron chi connectivity index (χ4n) is 4.78. The largest absolute Gasteiger partial charge is 0.508 e. The second-order valence-electron chi connectivity index (χ2n) is 8.60. The van der Waals surface area contributed by atoms with Crippen LogP contribution in [0.4, 0.5) is 0 Å². The molecule has 4 aromatic rings. The highest BCUT2D eigenvalue weighted by atomic mass is 16.3. The SMILES string of the molecule is C=C(C(=O)c1ccc(O)cc1)C1(C(=C)C(=O)c2ccc(O)cc2)C=Cc2cccc3cccc1c23. The van der Waals surface area contributed by atoms with Crippen LogP contribution < -0.4 is 0 Å². The second kappa shape index (κ2) is 8.26. The van der Waals surface area contributed by atoms with Gasteiger partial charge in [-0.25, -0.2) is 0 Å². The number of hydrogen-bond donors (Lipinski definition) is 2. The minimum atomic E-state index is -1.29. The van der Waals surface area contributed by atoms with E-state index in [-0.39, 0.29) is 34.2 Å². The van der Waals surface area contributed by atoms with Gasteiger partial charge in [-0.3, -0.25) is 9.59 Å². The standard InChI is InChI=1S/C31H22O4/c1-19(29(34)23-9-13-25(32)14-10-23)31(20(2)30(35)24-11-15-26(33)16-12-24)18-17-22-6-3-5-21-7-4-8-27(31)28(21)22/h3-18,32-33H,1-2H2. The Bertz CT molecular complexity index is 1480. The predicted molar refractivity (Wildman–Crippen MR) is 138 cm³/mol. The minimum Gasteiger partial charge on any atom is -0.508 e. The van der Waals surface area contributed by atoms with Crippen molar-refractivity contribution in [3.63, 3.8) is 0 Å². The molecule has 170 valence electrons. The van der Waals surface area contributed by atoms with E-state index in [2.05, 4.69) is 13.2 Å². The molecule has 0 spiro atoms. The van der Waals surface area contributed by atoms with E-state index >= 15 is 0 Å². The van der Waals surface area contributed by atoms with Crippen LogP contribution in [0.15, 0.2) is 115 Å². The molecular weight excluding hydrogens is 436 g/mol. The van der Waals surface area contributed by atoms with Crippen LogP contribution in [0.5, 0.6) is 11.5 Å². The van der Waals surface area contributed by atoms with Crippen LogP contribution in [0.1, 0.15) is 31.8 Å². The van der Waals surface area contributed by atoms with Gasteiger partial charge in [-0.1, -0.05) is 61.7 Å². The highest BCUT2D eigenvalue weighted by Gasteiger charge is 2.44. The van der Waals surface area contributed by atoms with Crippen molar-refractivity contribution in [2.24, 2.45) is 0 Å². The number of rotatable bonds is 6. The smallest absolute Gasteiger partial charge is 0.189 e. The van der Waals surface area contributed by atoms with Crippen molar-refractivity contribution in [1.82, 2.24) is 0 Å². The van der Waals surface area contributed by atoms with Gasteiger partial charge in [0.05, 0.1) is 5.41 Å². The van der Waals surface area contributed by atoms with Gasteiger partial charge in [0.2, 0.25) is 0 Å². The number of allylic oxidation sites excluding steroid dienone is 3. The van der Waals surface area contributed by atoms with Gasteiger partial charge in [-0.15, -0.1) is 0 Å². The average molecular weight is 459 g/mol. The van der Waals surface area contributed by atoms with Crippen LogP contribution in [0.25, 0.3) is 16.8 Å². The molecule has 4 aromatic carbocycles. The molecule has 4 heteroatoms. The fourth-order valence-corrected chi connectivity index (χ4v) is 4.78. The number of hydrogen-bond acceptors (Lipinski definition) is 4. The number of aromatic hydroxyl groups is 2. The maximum absolute atomic E-state index is 13.7. The third kappa shape index (κ3) is 3.47. The van der Waals surface area contributed by atoms with E-state index in [1.165, 1.54) is 48.5 Å². The van der Waals surface area contributed by atoms with Gasteiger partial charge >= 0.3 is 0 Å². The molecule has 0 saturated carbocycles. The monoisotopic (exact) mass is 458 g/mol. The predicted octanol–water partition coefficient (Wildman–Crippen LogP) is 6.39. The van der Waals surface area contributed by atoms with Gasteiger partial charge in [0.15, 0.2) is 11.6 Å². The third-order valence-electron chi connectivity index (χ3n) is 6.63. The first-order chi connectivity index (χ1) is 16.8. The van der Waals surface area contributed by atoms with Gasteiger partial charge in [0, 0.05) is 22.3 Å². The van der Waals surface area contributed by atoms with E-state index in [9.17, 15) is 19.8 Å². The summed E-state index contributed by atoms with van der Waals surface area (Å²) in [6.07, 6.45) is 3.73. The van der Waals surface area contributed by atoms with Crippen molar-refractivity contribution >= 4 is 28.4 Å². The van der Waals surface area contributed by atoms with E-state index in [4.69, 9.17) is 0 Å². The van der Waals surface area contributed by atoms with Crippen molar-refractivity contribution in [2.75, 3.05) is 0 Å². The van der Waals surface area contributed by atoms with E-state index in [1.807, 2.05) is 48.6 Å². The number of carbonyl (C=O) groups is 2. The summed E-state index contributed by atoms with van der Waals surface area (Å²) < 4.78 is 0. The molecule has 0 amide bonds. The van der Waals surface area contributed by atoms with Crippen LogP contribution in [-0.2, 0) is 5.41 Å². The molecule has 5 rings (SSSR count). The number of ketones is 2. The molecular formula is C31H22O4. The number of phenols is 2. The van der Waals surface area contributed by atoms with Crippen molar-refractivity contribution in [3.05, 3.63) is 138 Å². The summed E-state index contributed by atoms with van der Waals surface area (Å²) in [6.45, 7) is 8.41. The lowest BCUT2D eigenvalue weighted by molar-refractivity contribution is 0.101. The summed E-state index contributed by atoms with van der Waals surface area (Å²) in [5.41, 5.74) is 1.48. The van der Waals surface area contributed by atoms with E-state index < -0.39 is 5.41 Å². The number of carbonyl (C=O) groups excluding carboxylic acids is 2. The van der Waals surface area contributed by atoms with Crippen LogP contribution in [0.2, 0.25) is 0 Å². The first kappa shape index (κ1) is 22.1. The Labute approximate surface area is 202 Å². The zero-order valence-corrected chi connectivity index (χ0v) is 18.9. The Hall–Kier alpha value is -4.70. The summed E-state index contributed by atoms with van der Waals surface area (Å²) >= 11 is 0. The molecule has 0 aromatic heterocycles. The normalized spacial score (nSPS) is 13.4. The molecule has 0 radical (unpaired) electrons. The van der Waals surface area contributed by atoms with E-state index in [0.717, 1.165) is 21.9 Å². The van der Waals surface area contributed by atoms with Crippen molar-refractivity contribution in [1.29, 1.82) is 0 Å². The van der Waals surface area contributed by atoms with E-state index in [0.29, 0.717) is 11.1 Å². The topological polar surface area (TPSA) is 74.6 Å². The molecule has 35 heavy (non-hydrogen) atoms. The van der Waals surface area contributed by atoms with E-state index in [1.54, 1.807) is 0 Å².